The third-order valence-electron chi connectivity index (χ3n) is 5.38. The molecule has 0 spiro atoms. The van der Waals surface area contributed by atoms with Gasteiger partial charge in [-0.15, -0.1) is 0 Å². The van der Waals surface area contributed by atoms with E-state index in [1.807, 2.05) is 12.1 Å². The molecular weight excluding hydrogens is 320 g/mol. The quantitative estimate of drug-likeness (QED) is 0.838. The summed E-state index contributed by atoms with van der Waals surface area (Å²) in [5.74, 6) is 0.0119. The van der Waals surface area contributed by atoms with Gasteiger partial charge in [-0.25, -0.2) is 0 Å². The molecule has 128 valence electrons. The fourth-order valence-electron chi connectivity index (χ4n) is 3.77. The Morgan fingerprint density at radius 1 is 1.21 bits per heavy atom. The summed E-state index contributed by atoms with van der Waals surface area (Å²) < 4.78 is 0. The molecule has 0 aromatic heterocycles. The van der Waals surface area contributed by atoms with E-state index >= 15 is 0 Å². The van der Waals surface area contributed by atoms with Gasteiger partial charge >= 0.3 is 0 Å². The maximum absolute atomic E-state index is 12.6. The number of hydrogen-bond acceptors (Lipinski definition) is 5. The molecule has 0 saturated carbocycles. The Balaban J connectivity index is 1.43. The normalized spacial score (nSPS) is 27.3. The number of amides is 1. The van der Waals surface area contributed by atoms with Crippen LogP contribution in [0.15, 0.2) is 34.2 Å². The summed E-state index contributed by atoms with van der Waals surface area (Å²) in [6, 6.07) is 8.29. The SMILES string of the molecule is CN1CCN(CCCC2(C)C(=O)N=C3Sc4ccccc4N32)CC1. The molecule has 1 atom stereocenters. The van der Waals surface area contributed by atoms with Gasteiger partial charge in [0.15, 0.2) is 5.17 Å². The van der Waals surface area contributed by atoms with E-state index in [9.17, 15) is 4.79 Å². The van der Waals surface area contributed by atoms with Crippen molar-refractivity contribution in [2.45, 2.75) is 30.2 Å². The molecular formula is C18H24N4OS. The topological polar surface area (TPSA) is 39.1 Å². The molecule has 3 aliphatic heterocycles. The van der Waals surface area contributed by atoms with Crippen LogP contribution in [0.25, 0.3) is 0 Å². The molecule has 0 bridgehead atoms. The Bertz CT molecular complexity index is 683. The standard InChI is InChI=1S/C18H24N4OS/c1-18(8-5-9-21-12-10-20(2)11-13-21)16(23)19-17-22(18)14-6-3-4-7-15(14)24-17/h3-4,6-7H,5,8-13H2,1-2H3. The van der Waals surface area contributed by atoms with Gasteiger partial charge in [-0.3, -0.25) is 4.79 Å². The number of anilines is 1. The summed E-state index contributed by atoms with van der Waals surface area (Å²) in [7, 11) is 2.18. The molecule has 1 fully saturated rings. The zero-order valence-corrected chi connectivity index (χ0v) is 15.2. The van der Waals surface area contributed by atoms with E-state index in [1.54, 1.807) is 11.8 Å². The predicted octanol–water partition coefficient (Wildman–Crippen LogP) is 2.28. The molecule has 0 N–H and O–H groups in total. The van der Waals surface area contributed by atoms with Crippen LogP contribution in [0.5, 0.6) is 0 Å². The lowest BCUT2D eigenvalue weighted by molar-refractivity contribution is -0.121. The summed E-state index contributed by atoms with van der Waals surface area (Å²) in [6.45, 7) is 7.66. The van der Waals surface area contributed by atoms with Gasteiger partial charge in [0.2, 0.25) is 0 Å². The second kappa shape index (κ2) is 6.17. The van der Waals surface area contributed by atoms with Crippen LogP contribution in [0, 0.1) is 0 Å². The minimum absolute atomic E-state index is 0.0119. The van der Waals surface area contributed by atoms with Gasteiger partial charge in [0.1, 0.15) is 5.54 Å². The summed E-state index contributed by atoms with van der Waals surface area (Å²) in [6.07, 6.45) is 1.87. The molecule has 0 radical (unpaired) electrons. The van der Waals surface area contributed by atoms with Crippen LogP contribution in [-0.4, -0.2) is 66.2 Å². The van der Waals surface area contributed by atoms with Crippen molar-refractivity contribution in [2.24, 2.45) is 4.99 Å². The largest absolute Gasteiger partial charge is 0.304 e. The number of aliphatic imine (C=N–C) groups is 1. The van der Waals surface area contributed by atoms with Crippen LogP contribution in [0.1, 0.15) is 19.8 Å². The molecule has 24 heavy (non-hydrogen) atoms. The van der Waals surface area contributed by atoms with Crippen LogP contribution in [0.2, 0.25) is 0 Å². The second-order valence-electron chi connectivity index (χ2n) is 7.13. The molecule has 3 heterocycles. The van der Waals surface area contributed by atoms with Crippen molar-refractivity contribution in [1.29, 1.82) is 0 Å². The molecule has 4 rings (SSSR count). The number of rotatable bonds is 4. The van der Waals surface area contributed by atoms with Gasteiger partial charge in [-0.2, -0.15) is 4.99 Å². The minimum Gasteiger partial charge on any atom is -0.304 e. The van der Waals surface area contributed by atoms with Crippen LogP contribution >= 0.6 is 11.8 Å². The molecule has 1 unspecified atom stereocenters. The lowest BCUT2D eigenvalue weighted by Gasteiger charge is -2.35. The van der Waals surface area contributed by atoms with Crippen LogP contribution in [-0.2, 0) is 4.79 Å². The van der Waals surface area contributed by atoms with Gasteiger partial charge in [0.05, 0.1) is 5.69 Å². The lowest BCUT2D eigenvalue weighted by Crippen LogP contribution is -2.49. The molecule has 6 heteroatoms. The summed E-state index contributed by atoms with van der Waals surface area (Å²) in [4.78, 5) is 25.2. The number of para-hydroxylation sites is 1. The smallest absolute Gasteiger partial charge is 0.274 e. The fourth-order valence-corrected chi connectivity index (χ4v) is 4.89. The molecule has 1 saturated heterocycles. The fraction of sp³-hybridized carbons (Fsp3) is 0.556. The molecule has 1 aromatic rings. The number of likely N-dealkylation sites (N-methyl/N-ethyl adjacent to an activating group) is 1. The average molecular weight is 344 g/mol. The number of piperazine rings is 1. The Kier molecular flexibility index (Phi) is 4.14. The predicted molar refractivity (Wildman–Crippen MR) is 98.8 cm³/mol. The second-order valence-corrected chi connectivity index (χ2v) is 8.14. The van der Waals surface area contributed by atoms with Gasteiger partial charge < -0.3 is 14.7 Å². The zero-order chi connectivity index (χ0) is 16.7. The van der Waals surface area contributed by atoms with E-state index < -0.39 is 5.54 Å². The van der Waals surface area contributed by atoms with E-state index in [1.165, 1.54) is 4.90 Å². The van der Waals surface area contributed by atoms with Gasteiger partial charge in [0, 0.05) is 31.1 Å². The highest BCUT2D eigenvalue weighted by atomic mass is 32.2. The van der Waals surface area contributed by atoms with Crippen LogP contribution in [0.4, 0.5) is 5.69 Å². The van der Waals surface area contributed by atoms with Gasteiger partial charge in [-0.1, -0.05) is 12.1 Å². The third-order valence-corrected chi connectivity index (χ3v) is 6.41. The Morgan fingerprint density at radius 3 is 2.75 bits per heavy atom. The first-order chi connectivity index (χ1) is 11.6. The highest BCUT2D eigenvalue weighted by Crippen LogP contribution is 2.48. The Morgan fingerprint density at radius 2 is 1.96 bits per heavy atom. The van der Waals surface area contributed by atoms with Crippen molar-refractivity contribution in [3.05, 3.63) is 24.3 Å². The third kappa shape index (κ3) is 2.66. The van der Waals surface area contributed by atoms with Crippen LogP contribution < -0.4 is 4.90 Å². The van der Waals surface area contributed by atoms with Gasteiger partial charge in [-0.05, 0) is 57.3 Å². The molecule has 5 nitrogen and oxygen atoms in total. The van der Waals surface area contributed by atoms with E-state index in [-0.39, 0.29) is 5.91 Å². The summed E-state index contributed by atoms with van der Waals surface area (Å²) in [5.41, 5.74) is 0.607. The number of hydrogen-bond donors (Lipinski definition) is 0. The first-order valence-corrected chi connectivity index (χ1v) is 9.51. The highest BCUT2D eigenvalue weighted by molar-refractivity contribution is 8.14. The number of benzene rings is 1. The maximum Gasteiger partial charge on any atom is 0.274 e. The van der Waals surface area contributed by atoms with Crippen molar-refractivity contribution in [1.82, 2.24) is 9.80 Å². The number of fused-ring (bicyclic) bond motifs is 3. The summed E-state index contributed by atoms with van der Waals surface area (Å²) in [5, 5.41) is 0.850. The maximum atomic E-state index is 12.6. The molecule has 1 aromatic carbocycles. The van der Waals surface area contributed by atoms with E-state index in [2.05, 4.69) is 45.8 Å². The summed E-state index contributed by atoms with van der Waals surface area (Å²) >= 11 is 1.61. The number of carbonyl (C=O) groups is 1. The first kappa shape index (κ1) is 16.1. The monoisotopic (exact) mass is 344 g/mol. The Labute approximate surface area is 147 Å². The van der Waals surface area contributed by atoms with Crippen molar-refractivity contribution < 1.29 is 4.79 Å². The van der Waals surface area contributed by atoms with Crippen molar-refractivity contribution in [2.75, 3.05) is 44.7 Å². The van der Waals surface area contributed by atoms with Crippen molar-refractivity contribution >= 4 is 28.5 Å². The van der Waals surface area contributed by atoms with Gasteiger partial charge in [0.25, 0.3) is 5.91 Å². The van der Waals surface area contributed by atoms with Crippen molar-refractivity contribution in [3.63, 3.8) is 0 Å². The van der Waals surface area contributed by atoms with E-state index in [0.717, 1.165) is 56.4 Å². The number of nitrogens with zero attached hydrogens (tertiary/aromatic N) is 4. The highest BCUT2D eigenvalue weighted by Gasteiger charge is 2.50. The van der Waals surface area contributed by atoms with E-state index in [4.69, 9.17) is 0 Å². The number of thioether (sulfide) groups is 1. The van der Waals surface area contributed by atoms with Crippen LogP contribution in [0.3, 0.4) is 0 Å². The molecule has 1 amide bonds. The Hall–Kier alpha value is -1.37. The van der Waals surface area contributed by atoms with Crippen molar-refractivity contribution in [3.8, 4) is 0 Å². The first-order valence-electron chi connectivity index (χ1n) is 8.69. The zero-order valence-electron chi connectivity index (χ0n) is 14.4. The average Bonchev–Trinajstić information content (AvgIpc) is 3.05. The molecule has 3 aliphatic rings. The lowest BCUT2D eigenvalue weighted by atomic mass is 9.93. The number of amidine groups is 1. The number of carbonyl (C=O) groups excluding carboxylic acids is 1. The molecule has 0 aliphatic carbocycles. The minimum atomic E-state index is -0.526. The van der Waals surface area contributed by atoms with E-state index in [0.29, 0.717) is 0 Å².